The monoisotopic (exact) mass is 293 g/mol. The maximum atomic E-state index is 11.4. The molecule has 0 aliphatic carbocycles. The first-order valence-corrected chi connectivity index (χ1v) is 6.99. The fraction of sp³-hybridized carbons (Fsp3) is 0.571. The predicted octanol–water partition coefficient (Wildman–Crippen LogP) is 2.38. The molecule has 0 aromatic carbocycles. The highest BCUT2D eigenvalue weighted by atomic mass is 16.6. The Bertz CT molecular complexity index is 565. The number of aromatic nitrogens is 1. The molecule has 1 fully saturated rings. The lowest BCUT2D eigenvalue weighted by atomic mass is 9.76. The maximum absolute atomic E-state index is 11.4. The van der Waals surface area contributed by atoms with Crippen LogP contribution in [0.4, 0.5) is 11.5 Å². The van der Waals surface area contributed by atoms with Crippen molar-refractivity contribution in [2.24, 2.45) is 5.41 Å². The first-order valence-electron chi connectivity index (χ1n) is 6.99. The van der Waals surface area contributed by atoms with E-state index in [9.17, 15) is 20.0 Å². The Kier molecular flexibility index (Phi) is 4.11. The summed E-state index contributed by atoms with van der Waals surface area (Å²) in [7, 11) is 0. The zero-order valence-corrected chi connectivity index (χ0v) is 12.2. The van der Waals surface area contributed by atoms with Crippen LogP contribution in [-0.4, -0.2) is 34.1 Å². The molecule has 0 radical (unpaired) electrons. The summed E-state index contributed by atoms with van der Waals surface area (Å²) < 4.78 is 0. The minimum absolute atomic E-state index is 0.00389. The number of hydrogen-bond donors (Lipinski definition) is 1. The van der Waals surface area contributed by atoms with Crippen LogP contribution in [0.1, 0.15) is 31.7 Å². The molecule has 0 atom stereocenters. The Labute approximate surface area is 122 Å². The number of piperidine rings is 1. The SMILES string of the molecule is CCC1(C(=O)O)CCN(c2cc(C)c([N+](=O)[O-])cn2)CC1. The third-order valence-electron chi connectivity index (χ3n) is 4.44. The van der Waals surface area contributed by atoms with Gasteiger partial charge in [-0.05, 0) is 32.3 Å². The van der Waals surface area contributed by atoms with Gasteiger partial charge in [0.2, 0.25) is 0 Å². The standard InChI is InChI=1S/C14H19N3O4/c1-3-14(13(18)19)4-6-16(7-5-14)12-8-10(2)11(9-15-12)17(20)21/h8-9H,3-7H2,1-2H3,(H,18,19). The molecule has 0 amide bonds. The van der Waals surface area contributed by atoms with E-state index in [0.717, 1.165) is 0 Å². The highest BCUT2D eigenvalue weighted by Crippen LogP contribution is 2.36. The summed E-state index contributed by atoms with van der Waals surface area (Å²) in [5.74, 6) is -0.0642. The molecule has 7 heteroatoms. The van der Waals surface area contributed by atoms with E-state index in [1.54, 1.807) is 13.0 Å². The van der Waals surface area contributed by atoms with Crippen LogP contribution in [0.3, 0.4) is 0 Å². The second-order valence-electron chi connectivity index (χ2n) is 5.51. The van der Waals surface area contributed by atoms with E-state index in [1.807, 2.05) is 11.8 Å². The van der Waals surface area contributed by atoms with Gasteiger partial charge in [-0.1, -0.05) is 6.92 Å². The third kappa shape index (κ3) is 2.81. The van der Waals surface area contributed by atoms with Crippen molar-refractivity contribution in [3.05, 3.63) is 27.9 Å². The van der Waals surface area contributed by atoms with Crippen LogP contribution in [0.15, 0.2) is 12.3 Å². The maximum Gasteiger partial charge on any atom is 0.309 e. The Morgan fingerprint density at radius 2 is 2.14 bits per heavy atom. The van der Waals surface area contributed by atoms with Crippen LogP contribution in [0, 0.1) is 22.5 Å². The molecule has 1 N–H and O–H groups in total. The summed E-state index contributed by atoms with van der Waals surface area (Å²) in [5.41, 5.74) is -0.0773. The molecule has 0 unspecified atom stereocenters. The number of pyridine rings is 1. The van der Waals surface area contributed by atoms with E-state index in [1.165, 1.54) is 6.20 Å². The number of nitro groups is 1. The van der Waals surface area contributed by atoms with Gasteiger partial charge in [0, 0.05) is 18.7 Å². The number of rotatable bonds is 4. The number of aryl methyl sites for hydroxylation is 1. The van der Waals surface area contributed by atoms with Crippen molar-refractivity contribution in [1.29, 1.82) is 0 Å². The summed E-state index contributed by atoms with van der Waals surface area (Å²) in [6, 6.07) is 1.69. The van der Waals surface area contributed by atoms with E-state index in [0.29, 0.717) is 43.7 Å². The van der Waals surface area contributed by atoms with Crippen LogP contribution in [-0.2, 0) is 4.79 Å². The van der Waals surface area contributed by atoms with Crippen molar-refractivity contribution in [3.63, 3.8) is 0 Å². The highest BCUT2D eigenvalue weighted by molar-refractivity contribution is 5.75. The lowest BCUT2D eigenvalue weighted by Gasteiger charge is -2.38. The minimum atomic E-state index is -0.738. The number of aliphatic carboxylic acids is 1. The lowest BCUT2D eigenvalue weighted by molar-refractivity contribution is -0.385. The second-order valence-corrected chi connectivity index (χ2v) is 5.51. The van der Waals surface area contributed by atoms with Gasteiger partial charge in [0.05, 0.1) is 10.3 Å². The number of hydrogen-bond acceptors (Lipinski definition) is 5. The zero-order chi connectivity index (χ0) is 15.6. The molecule has 2 heterocycles. The van der Waals surface area contributed by atoms with Gasteiger partial charge >= 0.3 is 5.97 Å². The molecule has 0 bridgehead atoms. The van der Waals surface area contributed by atoms with Crippen molar-refractivity contribution in [2.45, 2.75) is 33.1 Å². The second kappa shape index (κ2) is 5.67. The van der Waals surface area contributed by atoms with E-state index in [4.69, 9.17) is 0 Å². The van der Waals surface area contributed by atoms with Crippen molar-refractivity contribution in [1.82, 2.24) is 4.98 Å². The van der Waals surface area contributed by atoms with Gasteiger partial charge in [-0.25, -0.2) is 4.98 Å². The third-order valence-corrected chi connectivity index (χ3v) is 4.44. The minimum Gasteiger partial charge on any atom is -0.481 e. The molecule has 2 rings (SSSR count). The topological polar surface area (TPSA) is 96.6 Å². The molecule has 7 nitrogen and oxygen atoms in total. The molecule has 1 aromatic heterocycles. The largest absolute Gasteiger partial charge is 0.481 e. The van der Waals surface area contributed by atoms with Gasteiger partial charge in [0.1, 0.15) is 12.0 Å². The normalized spacial score (nSPS) is 17.5. The molecule has 0 spiro atoms. The Morgan fingerprint density at radius 1 is 1.52 bits per heavy atom. The van der Waals surface area contributed by atoms with Crippen LogP contribution >= 0.6 is 0 Å². The van der Waals surface area contributed by atoms with Crippen LogP contribution < -0.4 is 4.90 Å². The highest BCUT2D eigenvalue weighted by Gasteiger charge is 2.40. The van der Waals surface area contributed by atoms with Gasteiger partial charge in [-0.2, -0.15) is 0 Å². The molecule has 0 saturated carbocycles. The molecular formula is C14H19N3O4. The Balaban J connectivity index is 2.14. The van der Waals surface area contributed by atoms with Crippen molar-refractivity contribution >= 4 is 17.5 Å². The van der Waals surface area contributed by atoms with E-state index in [-0.39, 0.29) is 5.69 Å². The summed E-state index contributed by atoms with van der Waals surface area (Å²) in [6.45, 7) is 4.79. The van der Waals surface area contributed by atoms with Gasteiger partial charge in [-0.3, -0.25) is 14.9 Å². The zero-order valence-electron chi connectivity index (χ0n) is 12.2. The van der Waals surface area contributed by atoms with E-state index in [2.05, 4.69) is 4.98 Å². The molecule has 1 aliphatic heterocycles. The molecule has 21 heavy (non-hydrogen) atoms. The average molecular weight is 293 g/mol. The van der Waals surface area contributed by atoms with Gasteiger partial charge in [0.25, 0.3) is 5.69 Å². The van der Waals surface area contributed by atoms with Crippen molar-refractivity contribution < 1.29 is 14.8 Å². The molecule has 1 aromatic rings. The fourth-order valence-corrected chi connectivity index (χ4v) is 2.78. The molecular weight excluding hydrogens is 274 g/mol. The smallest absolute Gasteiger partial charge is 0.309 e. The number of nitrogens with zero attached hydrogens (tertiary/aromatic N) is 3. The van der Waals surface area contributed by atoms with Crippen molar-refractivity contribution in [2.75, 3.05) is 18.0 Å². The van der Waals surface area contributed by atoms with Crippen LogP contribution in [0.5, 0.6) is 0 Å². The lowest BCUT2D eigenvalue weighted by Crippen LogP contribution is -2.44. The summed E-state index contributed by atoms with van der Waals surface area (Å²) >= 11 is 0. The van der Waals surface area contributed by atoms with Gasteiger partial charge in [0.15, 0.2) is 0 Å². The summed E-state index contributed by atoms with van der Waals surface area (Å²) in [4.78, 5) is 27.9. The number of carboxylic acid groups (broad SMARTS) is 1. The summed E-state index contributed by atoms with van der Waals surface area (Å²) in [6.07, 6.45) is 3.01. The first kappa shape index (κ1) is 15.2. The number of carboxylic acids is 1. The Morgan fingerprint density at radius 3 is 2.57 bits per heavy atom. The van der Waals surface area contributed by atoms with Gasteiger partial charge < -0.3 is 10.0 Å². The van der Waals surface area contributed by atoms with Crippen molar-refractivity contribution in [3.8, 4) is 0 Å². The van der Waals surface area contributed by atoms with Gasteiger partial charge in [-0.15, -0.1) is 0 Å². The van der Waals surface area contributed by atoms with E-state index < -0.39 is 16.3 Å². The van der Waals surface area contributed by atoms with E-state index >= 15 is 0 Å². The first-order chi connectivity index (χ1) is 9.89. The molecule has 1 saturated heterocycles. The molecule has 1 aliphatic rings. The summed E-state index contributed by atoms with van der Waals surface area (Å²) in [5, 5.41) is 20.2. The quantitative estimate of drug-likeness (QED) is 0.676. The average Bonchev–Trinajstić information content (AvgIpc) is 2.46. The Hall–Kier alpha value is -2.18. The predicted molar refractivity (Wildman–Crippen MR) is 77.4 cm³/mol. The van der Waals surface area contributed by atoms with Crippen LogP contribution in [0.25, 0.3) is 0 Å². The molecule has 114 valence electrons. The number of anilines is 1. The number of carbonyl (C=O) groups is 1. The van der Waals surface area contributed by atoms with Crippen LogP contribution in [0.2, 0.25) is 0 Å². The fourth-order valence-electron chi connectivity index (χ4n) is 2.78.